The Morgan fingerprint density at radius 2 is 2.38 bits per heavy atom. The lowest BCUT2D eigenvalue weighted by Gasteiger charge is -2.11. The highest BCUT2D eigenvalue weighted by Crippen LogP contribution is 2.47. The van der Waals surface area contributed by atoms with E-state index in [9.17, 15) is 9.18 Å². The molecule has 0 heterocycles. The third-order valence-electron chi connectivity index (χ3n) is 2.86. The number of rotatable bonds is 3. The van der Waals surface area contributed by atoms with Gasteiger partial charge in [-0.05, 0) is 36.0 Å². The third kappa shape index (κ3) is 2.30. The molecule has 1 aromatic carbocycles. The summed E-state index contributed by atoms with van der Waals surface area (Å²) in [6, 6.07) is 5.52. The molecule has 0 spiro atoms. The van der Waals surface area contributed by atoms with Gasteiger partial charge in [-0.3, -0.25) is 5.21 Å². The average molecular weight is 224 g/mol. The van der Waals surface area contributed by atoms with E-state index in [1.165, 1.54) is 12.1 Å². The fourth-order valence-electron chi connectivity index (χ4n) is 1.91. The van der Waals surface area contributed by atoms with Gasteiger partial charge >= 0.3 is 6.03 Å². The molecule has 2 atom stereocenters. The van der Waals surface area contributed by atoms with E-state index < -0.39 is 6.03 Å². The van der Waals surface area contributed by atoms with Gasteiger partial charge in [0.1, 0.15) is 5.82 Å². The van der Waals surface area contributed by atoms with Gasteiger partial charge in [0.25, 0.3) is 0 Å². The minimum absolute atomic E-state index is 0.166. The zero-order valence-electron chi connectivity index (χ0n) is 8.64. The molecule has 1 aliphatic carbocycles. The minimum Gasteiger partial charge on any atom is -0.350 e. The highest BCUT2D eigenvalue weighted by atomic mass is 19.1. The van der Waals surface area contributed by atoms with Crippen LogP contribution in [0.1, 0.15) is 17.9 Å². The van der Waals surface area contributed by atoms with Crippen molar-refractivity contribution in [3.8, 4) is 0 Å². The van der Waals surface area contributed by atoms with Crippen molar-refractivity contribution in [1.29, 1.82) is 0 Å². The Kier molecular flexibility index (Phi) is 2.78. The van der Waals surface area contributed by atoms with Crippen LogP contribution in [-0.2, 0) is 0 Å². The maximum Gasteiger partial charge on any atom is 0.338 e. The zero-order valence-corrected chi connectivity index (χ0v) is 8.64. The van der Waals surface area contributed by atoms with Crippen LogP contribution < -0.4 is 5.73 Å². The smallest absolute Gasteiger partial charge is 0.338 e. The molecule has 4 nitrogen and oxygen atoms in total. The maximum absolute atomic E-state index is 12.9. The van der Waals surface area contributed by atoms with Gasteiger partial charge in [-0.25, -0.2) is 14.2 Å². The van der Waals surface area contributed by atoms with E-state index in [2.05, 4.69) is 0 Å². The summed E-state index contributed by atoms with van der Waals surface area (Å²) in [5, 5.41) is 9.64. The Hall–Kier alpha value is -1.62. The first-order valence-electron chi connectivity index (χ1n) is 5.09. The van der Waals surface area contributed by atoms with E-state index in [1.54, 1.807) is 6.07 Å². The van der Waals surface area contributed by atoms with Crippen molar-refractivity contribution in [2.24, 2.45) is 11.7 Å². The molecule has 1 aliphatic rings. The zero-order chi connectivity index (χ0) is 11.7. The maximum atomic E-state index is 12.9. The molecule has 2 rings (SSSR count). The van der Waals surface area contributed by atoms with Crippen molar-refractivity contribution in [2.75, 3.05) is 6.54 Å². The number of hydroxylamine groups is 2. The van der Waals surface area contributed by atoms with E-state index in [0.717, 1.165) is 12.0 Å². The normalized spacial score (nSPS) is 22.9. The lowest BCUT2D eigenvalue weighted by molar-refractivity contribution is -0.0431. The number of carbonyl (C=O) groups is 1. The highest BCUT2D eigenvalue weighted by Gasteiger charge is 2.39. The summed E-state index contributed by atoms with van der Waals surface area (Å²) in [5.41, 5.74) is 5.80. The van der Waals surface area contributed by atoms with Crippen molar-refractivity contribution in [1.82, 2.24) is 5.06 Å². The summed E-state index contributed by atoms with van der Waals surface area (Å²) in [6.45, 7) is 0.205. The van der Waals surface area contributed by atoms with E-state index in [0.29, 0.717) is 5.06 Å². The molecular formula is C11H13FN2O2. The Bertz CT molecular complexity index is 411. The molecule has 1 aromatic rings. The number of nitrogens with two attached hydrogens (primary N) is 1. The standard InChI is InChI=1S/C11H13FN2O2/c12-9-3-1-2-7(4-9)10-5-8(10)6-14(16)11(13)15/h1-4,8,10,16H,5-6H2,(H2,13,15)/t8-,10-/m0/s1. The molecule has 5 heteroatoms. The van der Waals surface area contributed by atoms with Gasteiger partial charge in [0, 0.05) is 0 Å². The lowest BCUT2D eigenvalue weighted by atomic mass is 10.1. The first-order valence-corrected chi connectivity index (χ1v) is 5.09. The molecule has 0 aromatic heterocycles. The number of amides is 2. The van der Waals surface area contributed by atoms with Crippen molar-refractivity contribution < 1.29 is 14.4 Å². The predicted molar refractivity (Wildman–Crippen MR) is 55.3 cm³/mol. The number of hydrogen-bond donors (Lipinski definition) is 2. The molecule has 0 bridgehead atoms. The molecule has 16 heavy (non-hydrogen) atoms. The molecule has 3 N–H and O–H groups in total. The van der Waals surface area contributed by atoms with Crippen LogP contribution in [0.25, 0.3) is 0 Å². The van der Waals surface area contributed by atoms with Crippen LogP contribution >= 0.6 is 0 Å². The Morgan fingerprint density at radius 3 is 3.00 bits per heavy atom. The molecule has 0 radical (unpaired) electrons. The van der Waals surface area contributed by atoms with Crippen molar-refractivity contribution in [2.45, 2.75) is 12.3 Å². The van der Waals surface area contributed by atoms with Crippen molar-refractivity contribution in [3.63, 3.8) is 0 Å². The summed E-state index contributed by atoms with van der Waals surface area (Å²) in [5.74, 6) is 0.114. The Labute approximate surface area is 92.4 Å². The number of halogens is 1. The summed E-state index contributed by atoms with van der Waals surface area (Å²) in [7, 11) is 0. The molecule has 0 unspecified atom stereocenters. The fraction of sp³-hybridized carbons (Fsp3) is 0.364. The van der Waals surface area contributed by atoms with Gasteiger partial charge in [-0.15, -0.1) is 0 Å². The van der Waals surface area contributed by atoms with Crippen LogP contribution in [0.4, 0.5) is 9.18 Å². The molecular weight excluding hydrogens is 211 g/mol. The quantitative estimate of drug-likeness (QED) is 0.606. The van der Waals surface area contributed by atoms with Crippen LogP contribution in [0.3, 0.4) is 0 Å². The summed E-state index contributed by atoms with van der Waals surface area (Å²) in [6.07, 6.45) is 0.841. The molecule has 1 saturated carbocycles. The number of urea groups is 1. The second kappa shape index (κ2) is 4.09. The second-order valence-electron chi connectivity index (χ2n) is 4.08. The average Bonchev–Trinajstić information content (AvgIpc) is 2.97. The first kappa shape index (κ1) is 10.9. The highest BCUT2D eigenvalue weighted by molar-refractivity contribution is 5.70. The van der Waals surface area contributed by atoms with Crippen LogP contribution in [0.15, 0.2) is 24.3 Å². The molecule has 2 amide bonds. The number of primary amides is 1. The largest absolute Gasteiger partial charge is 0.350 e. The second-order valence-corrected chi connectivity index (χ2v) is 4.08. The van der Waals surface area contributed by atoms with Gasteiger partial charge in [0.05, 0.1) is 6.54 Å². The SMILES string of the molecule is NC(=O)N(O)C[C@@H]1C[C@H]1c1cccc(F)c1. The van der Waals surface area contributed by atoms with Crippen molar-refractivity contribution >= 4 is 6.03 Å². The van der Waals surface area contributed by atoms with Gasteiger partial charge in [0.2, 0.25) is 0 Å². The van der Waals surface area contributed by atoms with Gasteiger partial charge in [-0.2, -0.15) is 0 Å². The molecule has 0 saturated heterocycles. The molecule has 86 valence electrons. The Balaban J connectivity index is 1.94. The third-order valence-corrected chi connectivity index (χ3v) is 2.86. The van der Waals surface area contributed by atoms with Crippen LogP contribution in [0.5, 0.6) is 0 Å². The van der Waals surface area contributed by atoms with Crippen LogP contribution in [0.2, 0.25) is 0 Å². The number of nitrogens with zero attached hydrogens (tertiary/aromatic N) is 1. The van der Waals surface area contributed by atoms with Gasteiger partial charge in [0.15, 0.2) is 0 Å². The van der Waals surface area contributed by atoms with Gasteiger partial charge in [-0.1, -0.05) is 12.1 Å². The summed E-state index contributed by atoms with van der Waals surface area (Å²) >= 11 is 0. The molecule has 0 aliphatic heterocycles. The van der Waals surface area contributed by atoms with Crippen LogP contribution in [-0.4, -0.2) is 22.8 Å². The van der Waals surface area contributed by atoms with E-state index in [-0.39, 0.29) is 24.2 Å². The fourth-order valence-corrected chi connectivity index (χ4v) is 1.91. The van der Waals surface area contributed by atoms with E-state index in [1.807, 2.05) is 6.07 Å². The topological polar surface area (TPSA) is 66.6 Å². The monoisotopic (exact) mass is 224 g/mol. The number of hydrogen-bond acceptors (Lipinski definition) is 2. The van der Waals surface area contributed by atoms with E-state index >= 15 is 0 Å². The summed E-state index contributed by atoms with van der Waals surface area (Å²) in [4.78, 5) is 10.6. The lowest BCUT2D eigenvalue weighted by Crippen LogP contribution is -2.34. The Morgan fingerprint density at radius 1 is 1.62 bits per heavy atom. The molecule has 1 fully saturated rings. The predicted octanol–water partition coefficient (Wildman–Crippen LogP) is 1.70. The van der Waals surface area contributed by atoms with Gasteiger partial charge < -0.3 is 5.73 Å². The minimum atomic E-state index is -0.857. The number of carbonyl (C=O) groups excluding carboxylic acids is 1. The first-order chi connectivity index (χ1) is 7.58. The summed E-state index contributed by atoms with van der Waals surface area (Å²) < 4.78 is 12.9. The van der Waals surface area contributed by atoms with Crippen molar-refractivity contribution in [3.05, 3.63) is 35.6 Å². The van der Waals surface area contributed by atoms with Crippen LogP contribution in [0, 0.1) is 11.7 Å². The number of benzene rings is 1. The van der Waals surface area contributed by atoms with E-state index in [4.69, 9.17) is 10.9 Å².